The molecule has 0 saturated carbocycles. The monoisotopic (exact) mass is 290 g/mol. The predicted octanol–water partition coefficient (Wildman–Crippen LogP) is 3.14. The van der Waals surface area contributed by atoms with Crippen LogP contribution < -0.4 is 15.8 Å². The van der Waals surface area contributed by atoms with Crippen molar-refractivity contribution in [3.63, 3.8) is 0 Å². The smallest absolute Gasteiger partial charge is 0.255 e. The average Bonchev–Trinajstić information content (AvgIpc) is 2.79. The lowest BCUT2D eigenvalue weighted by atomic mass is 10.0. The van der Waals surface area contributed by atoms with Gasteiger partial charge in [-0.05, 0) is 19.9 Å². The number of anilines is 1. The molecule has 0 saturated heterocycles. The summed E-state index contributed by atoms with van der Waals surface area (Å²) in [5, 5.41) is 5.29. The highest BCUT2D eigenvalue weighted by Crippen LogP contribution is 2.38. The molecule has 0 radical (unpaired) electrons. The maximum absolute atomic E-state index is 12.3. The summed E-state index contributed by atoms with van der Waals surface area (Å²) < 4.78 is 5.36. The van der Waals surface area contributed by atoms with Crippen LogP contribution in [0.1, 0.15) is 24.2 Å². The number of nitrogens with two attached hydrogens (primary N) is 1. The molecular formula is C15H18N2O2S. The molecule has 1 aromatic carbocycles. The van der Waals surface area contributed by atoms with E-state index in [2.05, 4.69) is 5.32 Å². The number of nitrogens with one attached hydrogen (secondary N) is 1. The van der Waals surface area contributed by atoms with Crippen molar-refractivity contribution in [2.24, 2.45) is 0 Å². The first-order chi connectivity index (χ1) is 9.54. The molecule has 4 nitrogen and oxygen atoms in total. The van der Waals surface area contributed by atoms with E-state index in [0.717, 1.165) is 16.9 Å². The van der Waals surface area contributed by atoms with Gasteiger partial charge in [0.05, 0.1) is 17.7 Å². The molecule has 0 atom stereocenters. The molecule has 0 bridgehead atoms. The molecule has 1 aromatic heterocycles. The first kappa shape index (κ1) is 14.4. The van der Waals surface area contributed by atoms with E-state index in [1.807, 2.05) is 43.5 Å². The molecule has 106 valence electrons. The zero-order chi connectivity index (χ0) is 14.7. The maximum Gasteiger partial charge on any atom is 0.255 e. The summed E-state index contributed by atoms with van der Waals surface area (Å²) in [7, 11) is 1.61. The molecule has 0 fully saturated rings. The summed E-state index contributed by atoms with van der Waals surface area (Å²) >= 11 is 1.36. The van der Waals surface area contributed by atoms with Crippen molar-refractivity contribution >= 4 is 22.2 Å². The standard InChI is InChI=1S/C15H18N2O2S/c1-9(2)17-15(18)13-11(8-20-14(13)16)10-6-4-5-7-12(10)19-3/h4-9H,16H2,1-3H3,(H,17,18). The van der Waals surface area contributed by atoms with Crippen LogP contribution in [0, 0.1) is 0 Å². The second-order valence-electron chi connectivity index (χ2n) is 4.72. The number of hydrogen-bond acceptors (Lipinski definition) is 4. The second kappa shape index (κ2) is 5.96. The number of methoxy groups -OCH3 is 1. The Morgan fingerprint density at radius 1 is 1.30 bits per heavy atom. The van der Waals surface area contributed by atoms with Crippen molar-refractivity contribution in [2.45, 2.75) is 19.9 Å². The molecule has 0 aliphatic rings. The quantitative estimate of drug-likeness (QED) is 0.909. The van der Waals surface area contributed by atoms with Gasteiger partial charge in [0.15, 0.2) is 0 Å². The lowest BCUT2D eigenvalue weighted by Crippen LogP contribution is -2.30. The van der Waals surface area contributed by atoms with Crippen LogP contribution in [0.3, 0.4) is 0 Å². The van der Waals surface area contributed by atoms with Gasteiger partial charge in [-0.1, -0.05) is 18.2 Å². The molecule has 5 heteroatoms. The van der Waals surface area contributed by atoms with E-state index in [-0.39, 0.29) is 11.9 Å². The van der Waals surface area contributed by atoms with E-state index >= 15 is 0 Å². The van der Waals surface area contributed by atoms with E-state index in [1.54, 1.807) is 7.11 Å². The number of ether oxygens (including phenoxy) is 1. The summed E-state index contributed by atoms with van der Waals surface area (Å²) in [6.07, 6.45) is 0. The fourth-order valence-electron chi connectivity index (χ4n) is 2.01. The van der Waals surface area contributed by atoms with Gasteiger partial charge in [0, 0.05) is 22.5 Å². The fraction of sp³-hybridized carbons (Fsp3) is 0.267. The van der Waals surface area contributed by atoms with E-state index < -0.39 is 0 Å². The zero-order valence-corrected chi connectivity index (χ0v) is 12.6. The first-order valence-corrected chi connectivity index (χ1v) is 7.23. The van der Waals surface area contributed by atoms with Gasteiger partial charge in [-0.3, -0.25) is 4.79 Å². The van der Waals surface area contributed by atoms with Gasteiger partial charge >= 0.3 is 0 Å². The van der Waals surface area contributed by atoms with Gasteiger partial charge in [-0.25, -0.2) is 0 Å². The van der Waals surface area contributed by atoms with Crippen LogP contribution in [0.5, 0.6) is 5.75 Å². The number of hydrogen-bond donors (Lipinski definition) is 2. The van der Waals surface area contributed by atoms with Gasteiger partial charge in [0.1, 0.15) is 5.75 Å². The molecule has 0 spiro atoms. The topological polar surface area (TPSA) is 64.3 Å². The van der Waals surface area contributed by atoms with E-state index in [0.29, 0.717) is 10.6 Å². The highest BCUT2D eigenvalue weighted by molar-refractivity contribution is 7.15. The molecule has 0 aliphatic carbocycles. The highest BCUT2D eigenvalue weighted by Gasteiger charge is 2.20. The van der Waals surface area contributed by atoms with Crippen LogP contribution in [0.2, 0.25) is 0 Å². The minimum Gasteiger partial charge on any atom is -0.496 e. The molecule has 0 aliphatic heterocycles. The van der Waals surface area contributed by atoms with Crippen LogP contribution in [0.4, 0.5) is 5.00 Å². The van der Waals surface area contributed by atoms with Crippen molar-refractivity contribution in [2.75, 3.05) is 12.8 Å². The number of nitrogen functional groups attached to an aromatic ring is 1. The largest absolute Gasteiger partial charge is 0.496 e. The highest BCUT2D eigenvalue weighted by atomic mass is 32.1. The number of benzene rings is 1. The van der Waals surface area contributed by atoms with Gasteiger partial charge in [0.2, 0.25) is 0 Å². The van der Waals surface area contributed by atoms with Crippen molar-refractivity contribution < 1.29 is 9.53 Å². The summed E-state index contributed by atoms with van der Waals surface area (Å²) in [5.74, 6) is 0.573. The molecule has 0 unspecified atom stereocenters. The number of carbonyl (C=O) groups excluding carboxylic acids is 1. The van der Waals surface area contributed by atoms with Gasteiger partial charge in [-0.2, -0.15) is 0 Å². The maximum atomic E-state index is 12.3. The molecule has 2 aromatic rings. The minimum absolute atomic E-state index is 0.0623. The molecule has 20 heavy (non-hydrogen) atoms. The zero-order valence-electron chi connectivity index (χ0n) is 11.8. The number of carbonyl (C=O) groups is 1. The van der Waals surface area contributed by atoms with Crippen LogP contribution >= 0.6 is 11.3 Å². The second-order valence-corrected chi connectivity index (χ2v) is 5.63. The summed E-state index contributed by atoms with van der Waals surface area (Å²) in [5.41, 5.74) is 8.17. The van der Waals surface area contributed by atoms with Crippen LogP contribution in [-0.4, -0.2) is 19.1 Å². The SMILES string of the molecule is COc1ccccc1-c1csc(N)c1C(=O)NC(C)C. The molecule has 3 N–H and O–H groups in total. The van der Waals surface area contributed by atoms with Crippen LogP contribution in [0.15, 0.2) is 29.6 Å². The Morgan fingerprint density at radius 2 is 2.00 bits per heavy atom. The van der Waals surface area contributed by atoms with E-state index in [4.69, 9.17) is 10.5 Å². The van der Waals surface area contributed by atoms with E-state index in [9.17, 15) is 4.79 Å². The molecular weight excluding hydrogens is 272 g/mol. The lowest BCUT2D eigenvalue weighted by Gasteiger charge is -2.12. The Kier molecular flexibility index (Phi) is 4.29. The Bertz CT molecular complexity index is 620. The van der Waals surface area contributed by atoms with Crippen molar-refractivity contribution in [3.05, 3.63) is 35.2 Å². The third-order valence-electron chi connectivity index (χ3n) is 2.86. The van der Waals surface area contributed by atoms with Gasteiger partial charge in [0.25, 0.3) is 5.91 Å². The lowest BCUT2D eigenvalue weighted by molar-refractivity contribution is 0.0945. The molecule has 1 heterocycles. The number of para-hydroxylation sites is 1. The summed E-state index contributed by atoms with van der Waals surface area (Å²) in [6.45, 7) is 3.84. The number of amides is 1. The molecule has 1 amide bonds. The third kappa shape index (κ3) is 2.77. The Labute approximate surface area is 122 Å². The average molecular weight is 290 g/mol. The minimum atomic E-state index is -0.153. The van der Waals surface area contributed by atoms with Crippen molar-refractivity contribution in [1.29, 1.82) is 0 Å². The Balaban J connectivity index is 2.51. The van der Waals surface area contributed by atoms with Gasteiger partial charge in [-0.15, -0.1) is 11.3 Å². The predicted molar refractivity (Wildman–Crippen MR) is 83.3 cm³/mol. The Hall–Kier alpha value is -2.01. The number of thiophene rings is 1. The summed E-state index contributed by atoms with van der Waals surface area (Å²) in [6, 6.07) is 7.66. The fourth-order valence-corrected chi connectivity index (χ4v) is 2.82. The normalized spacial score (nSPS) is 10.6. The van der Waals surface area contributed by atoms with Crippen molar-refractivity contribution in [1.82, 2.24) is 5.32 Å². The van der Waals surface area contributed by atoms with E-state index in [1.165, 1.54) is 11.3 Å². The first-order valence-electron chi connectivity index (χ1n) is 6.35. The van der Waals surface area contributed by atoms with Crippen LogP contribution in [-0.2, 0) is 0 Å². The van der Waals surface area contributed by atoms with Crippen molar-refractivity contribution in [3.8, 4) is 16.9 Å². The third-order valence-corrected chi connectivity index (χ3v) is 3.68. The molecule has 2 rings (SSSR count). The summed E-state index contributed by atoms with van der Waals surface area (Å²) in [4.78, 5) is 12.3. The Morgan fingerprint density at radius 3 is 2.65 bits per heavy atom. The van der Waals surface area contributed by atoms with Gasteiger partial charge < -0.3 is 15.8 Å². The van der Waals surface area contributed by atoms with Crippen LogP contribution in [0.25, 0.3) is 11.1 Å². The number of rotatable bonds is 4.